The van der Waals surface area contributed by atoms with E-state index in [1.165, 1.54) is 0 Å². The third kappa shape index (κ3) is 2.72. The smallest absolute Gasteiger partial charge is 0.243 e. The van der Waals surface area contributed by atoms with Gasteiger partial charge in [0.2, 0.25) is 11.8 Å². The van der Waals surface area contributed by atoms with E-state index in [-0.39, 0.29) is 5.57 Å². The van der Waals surface area contributed by atoms with Crippen molar-refractivity contribution >= 4 is 23.6 Å². The van der Waals surface area contributed by atoms with Gasteiger partial charge in [-0.15, -0.1) is 0 Å². The van der Waals surface area contributed by atoms with Gasteiger partial charge in [0, 0.05) is 5.41 Å². The summed E-state index contributed by atoms with van der Waals surface area (Å²) in [6.07, 6.45) is 0. The highest BCUT2D eigenvalue weighted by Gasteiger charge is 2.45. The molecule has 0 saturated heterocycles. The molecule has 100 valence electrons. The van der Waals surface area contributed by atoms with E-state index in [4.69, 9.17) is 11.0 Å². The van der Waals surface area contributed by atoms with Crippen molar-refractivity contribution in [3.05, 3.63) is 10.6 Å². The molecule has 3 N–H and O–H groups in total. The maximum Gasteiger partial charge on any atom is 0.243 e. The lowest BCUT2D eigenvalue weighted by atomic mass is 9.72. The molecule has 0 bridgehead atoms. The molecule has 0 aromatic carbocycles. The lowest BCUT2D eigenvalue weighted by Crippen LogP contribution is -2.45. The van der Waals surface area contributed by atoms with E-state index in [9.17, 15) is 14.9 Å². The molecule has 0 fully saturated rings. The second-order valence-corrected chi connectivity index (χ2v) is 6.10. The van der Waals surface area contributed by atoms with Crippen molar-refractivity contribution in [1.29, 1.82) is 10.5 Å². The second kappa shape index (κ2) is 5.33. The van der Waals surface area contributed by atoms with E-state index in [1.807, 2.05) is 12.1 Å². The van der Waals surface area contributed by atoms with Gasteiger partial charge in [-0.1, -0.05) is 25.6 Å². The van der Waals surface area contributed by atoms with Crippen LogP contribution in [0.3, 0.4) is 0 Å². The molecule has 2 atom stereocenters. The molecule has 0 unspecified atom stereocenters. The minimum atomic E-state index is -0.935. The number of nitrogens with zero attached hydrogens (tertiary/aromatic N) is 2. The van der Waals surface area contributed by atoms with Crippen molar-refractivity contribution < 1.29 is 9.59 Å². The molecule has 0 aliphatic carbocycles. The molecule has 0 aromatic rings. The SMILES string of the molecule is C[C@H](SC1=C(C#N)C(C)(C)[C@H](C#N)C(=O)N1)C(N)=O. The number of nitrogens with one attached hydrogen (secondary N) is 1. The Morgan fingerprint density at radius 3 is 2.53 bits per heavy atom. The first kappa shape index (κ1) is 15.1. The zero-order valence-electron chi connectivity index (χ0n) is 10.9. The van der Waals surface area contributed by atoms with Crippen molar-refractivity contribution in [1.82, 2.24) is 5.32 Å². The first-order valence-electron chi connectivity index (χ1n) is 5.57. The molecule has 6 nitrogen and oxygen atoms in total. The predicted molar refractivity (Wildman–Crippen MR) is 69.9 cm³/mol. The Kier molecular flexibility index (Phi) is 4.23. The van der Waals surface area contributed by atoms with E-state index in [1.54, 1.807) is 20.8 Å². The summed E-state index contributed by atoms with van der Waals surface area (Å²) in [6.45, 7) is 4.91. The molecule has 2 amide bonds. The first-order chi connectivity index (χ1) is 8.75. The average molecular weight is 278 g/mol. The maximum atomic E-state index is 11.9. The average Bonchev–Trinajstić information content (AvgIpc) is 2.28. The molecular formula is C12H14N4O2S. The largest absolute Gasteiger partial charge is 0.369 e. The van der Waals surface area contributed by atoms with Gasteiger partial charge in [0.05, 0.1) is 28.0 Å². The van der Waals surface area contributed by atoms with Crippen molar-refractivity contribution in [2.24, 2.45) is 17.1 Å². The number of hydrogen-bond acceptors (Lipinski definition) is 5. The molecule has 1 heterocycles. The number of allylic oxidation sites excluding steroid dienone is 1. The monoisotopic (exact) mass is 278 g/mol. The normalized spacial score (nSPS) is 23.0. The Labute approximate surface area is 115 Å². The minimum absolute atomic E-state index is 0.289. The fourth-order valence-corrected chi connectivity index (χ4v) is 2.81. The van der Waals surface area contributed by atoms with E-state index in [0.29, 0.717) is 5.03 Å². The summed E-state index contributed by atoms with van der Waals surface area (Å²) in [5, 5.41) is 20.5. The van der Waals surface area contributed by atoms with Crippen LogP contribution in [0.1, 0.15) is 20.8 Å². The summed E-state index contributed by atoms with van der Waals surface area (Å²) in [6, 6.07) is 3.92. The Morgan fingerprint density at radius 2 is 2.11 bits per heavy atom. The summed E-state index contributed by atoms with van der Waals surface area (Å²) in [7, 11) is 0. The minimum Gasteiger partial charge on any atom is -0.369 e. The highest BCUT2D eigenvalue weighted by molar-refractivity contribution is 8.04. The summed E-state index contributed by atoms with van der Waals surface area (Å²) in [5.74, 6) is -1.94. The molecule has 1 aliphatic rings. The van der Waals surface area contributed by atoms with E-state index < -0.39 is 28.4 Å². The van der Waals surface area contributed by atoms with Gasteiger partial charge in [-0.05, 0) is 6.92 Å². The summed E-state index contributed by atoms with van der Waals surface area (Å²) >= 11 is 1.02. The van der Waals surface area contributed by atoms with Gasteiger partial charge in [-0.25, -0.2) is 0 Å². The molecule has 0 spiro atoms. The first-order valence-corrected chi connectivity index (χ1v) is 6.45. The van der Waals surface area contributed by atoms with Crippen LogP contribution in [0, 0.1) is 34.0 Å². The Bertz CT molecular complexity index is 539. The van der Waals surface area contributed by atoms with Gasteiger partial charge < -0.3 is 11.1 Å². The van der Waals surface area contributed by atoms with E-state index in [0.717, 1.165) is 11.8 Å². The lowest BCUT2D eigenvalue weighted by molar-refractivity contribution is -0.125. The predicted octanol–water partition coefficient (Wildman–Crippen LogP) is 0.624. The topological polar surface area (TPSA) is 120 Å². The number of rotatable bonds is 3. The molecule has 1 aliphatic heterocycles. The summed E-state index contributed by atoms with van der Waals surface area (Å²) < 4.78 is 0. The summed E-state index contributed by atoms with van der Waals surface area (Å²) in [5.41, 5.74) is 4.56. The standard InChI is InChI=1S/C12H14N4O2S/c1-6(9(15)17)19-11-8(5-14)12(2,3)7(4-13)10(18)16-11/h6-7H,1-3H3,(H2,15,17)(H,16,18)/t6-,7+/m0/s1. The second-order valence-electron chi connectivity index (χ2n) is 4.75. The molecule has 0 saturated carbocycles. The third-order valence-corrected chi connectivity index (χ3v) is 4.16. The summed E-state index contributed by atoms with van der Waals surface area (Å²) in [4.78, 5) is 22.9. The number of thioether (sulfide) groups is 1. The van der Waals surface area contributed by atoms with E-state index >= 15 is 0 Å². The van der Waals surface area contributed by atoms with Crippen LogP contribution in [0.2, 0.25) is 0 Å². The van der Waals surface area contributed by atoms with Gasteiger partial charge in [0.15, 0.2) is 0 Å². The van der Waals surface area contributed by atoms with Crippen LogP contribution >= 0.6 is 11.8 Å². The van der Waals surface area contributed by atoms with Crippen LogP contribution in [0.25, 0.3) is 0 Å². The van der Waals surface area contributed by atoms with Crippen LogP contribution in [-0.4, -0.2) is 17.1 Å². The number of amides is 2. The van der Waals surface area contributed by atoms with Crippen LogP contribution in [0.5, 0.6) is 0 Å². The number of nitriles is 2. The molecule has 0 radical (unpaired) electrons. The number of carbonyl (C=O) groups excluding carboxylic acids is 2. The van der Waals surface area contributed by atoms with Crippen molar-refractivity contribution in [2.45, 2.75) is 26.0 Å². The van der Waals surface area contributed by atoms with E-state index in [2.05, 4.69) is 5.32 Å². The quantitative estimate of drug-likeness (QED) is 0.784. The zero-order valence-corrected chi connectivity index (χ0v) is 11.7. The number of hydrogen-bond donors (Lipinski definition) is 2. The van der Waals surface area contributed by atoms with Gasteiger partial charge in [0.25, 0.3) is 0 Å². The van der Waals surface area contributed by atoms with Crippen LogP contribution in [0.15, 0.2) is 10.6 Å². The van der Waals surface area contributed by atoms with Gasteiger partial charge in [-0.3, -0.25) is 9.59 Å². The molecule has 0 aromatic heterocycles. The van der Waals surface area contributed by atoms with Gasteiger partial charge in [-0.2, -0.15) is 10.5 Å². The highest BCUT2D eigenvalue weighted by atomic mass is 32.2. The van der Waals surface area contributed by atoms with Gasteiger partial charge >= 0.3 is 0 Å². The molecule has 7 heteroatoms. The maximum absolute atomic E-state index is 11.9. The van der Waals surface area contributed by atoms with Crippen molar-refractivity contribution in [2.75, 3.05) is 0 Å². The van der Waals surface area contributed by atoms with Crippen molar-refractivity contribution in [3.8, 4) is 12.1 Å². The molecule has 1 rings (SSSR count). The molecule has 19 heavy (non-hydrogen) atoms. The van der Waals surface area contributed by atoms with Crippen LogP contribution in [0.4, 0.5) is 0 Å². The Balaban J connectivity index is 3.25. The van der Waals surface area contributed by atoms with Crippen LogP contribution < -0.4 is 11.1 Å². The fourth-order valence-electron chi connectivity index (χ4n) is 1.75. The number of carbonyl (C=O) groups is 2. The number of nitrogens with two attached hydrogens (primary N) is 1. The zero-order chi connectivity index (χ0) is 14.8. The van der Waals surface area contributed by atoms with Crippen LogP contribution in [-0.2, 0) is 9.59 Å². The highest BCUT2D eigenvalue weighted by Crippen LogP contribution is 2.42. The fraction of sp³-hybridized carbons (Fsp3) is 0.500. The van der Waals surface area contributed by atoms with Gasteiger partial charge in [0.1, 0.15) is 5.92 Å². The Hall–Kier alpha value is -1.99. The third-order valence-electron chi connectivity index (χ3n) is 3.03. The number of primary amides is 1. The molecular weight excluding hydrogens is 264 g/mol. The lowest BCUT2D eigenvalue weighted by Gasteiger charge is -2.34. The Morgan fingerprint density at radius 1 is 1.53 bits per heavy atom. The van der Waals surface area contributed by atoms with Crippen molar-refractivity contribution in [3.63, 3.8) is 0 Å².